The van der Waals surface area contributed by atoms with E-state index in [9.17, 15) is 4.79 Å². The molecule has 0 saturated carbocycles. The quantitative estimate of drug-likeness (QED) is 0.498. The molecule has 1 aromatic carbocycles. The van der Waals surface area contributed by atoms with Gasteiger partial charge in [-0.05, 0) is 40.5 Å². The molecule has 0 bridgehead atoms. The Balaban J connectivity index is 2.44. The minimum atomic E-state index is -0.399. The van der Waals surface area contributed by atoms with Crippen LogP contribution in [0.5, 0.6) is 0 Å². The Kier molecular flexibility index (Phi) is 6.00. The van der Waals surface area contributed by atoms with Crippen molar-refractivity contribution in [1.29, 1.82) is 0 Å². The van der Waals surface area contributed by atoms with Crippen molar-refractivity contribution < 1.29 is 14.3 Å². The lowest BCUT2D eigenvalue weighted by Crippen LogP contribution is -2.12. The van der Waals surface area contributed by atoms with Gasteiger partial charge < -0.3 is 15.2 Å². The SMILES string of the molecule is CCCOCCOC(=O)c1cc(N)ccc1Br. The number of carbonyl (C=O) groups excluding carboxylic acids is 1. The summed E-state index contributed by atoms with van der Waals surface area (Å²) in [5, 5.41) is 0. The van der Waals surface area contributed by atoms with Crippen molar-refractivity contribution in [3.8, 4) is 0 Å². The summed E-state index contributed by atoms with van der Waals surface area (Å²) >= 11 is 3.28. The molecule has 0 amide bonds. The van der Waals surface area contributed by atoms with E-state index in [2.05, 4.69) is 15.9 Å². The fourth-order valence-corrected chi connectivity index (χ4v) is 1.63. The molecule has 17 heavy (non-hydrogen) atoms. The second-order valence-electron chi connectivity index (χ2n) is 3.49. The molecule has 1 aromatic rings. The number of benzene rings is 1. The topological polar surface area (TPSA) is 61.5 Å². The summed E-state index contributed by atoms with van der Waals surface area (Å²) < 4.78 is 10.9. The first-order valence-corrected chi connectivity index (χ1v) is 6.24. The van der Waals surface area contributed by atoms with Crippen LogP contribution in [0.2, 0.25) is 0 Å². The molecule has 0 atom stereocenters. The van der Waals surface area contributed by atoms with Crippen LogP contribution in [0.4, 0.5) is 5.69 Å². The Morgan fingerprint density at radius 2 is 2.12 bits per heavy atom. The number of esters is 1. The molecular weight excluding hydrogens is 286 g/mol. The molecule has 0 saturated heterocycles. The number of hydrogen-bond acceptors (Lipinski definition) is 4. The summed E-state index contributed by atoms with van der Waals surface area (Å²) in [5.74, 6) is -0.399. The standard InChI is InChI=1S/C12H16BrNO3/c1-2-5-16-6-7-17-12(15)10-8-9(14)3-4-11(10)13/h3-4,8H,2,5-7,14H2,1H3. The number of nitrogens with two attached hydrogens (primary N) is 1. The monoisotopic (exact) mass is 301 g/mol. The van der Waals surface area contributed by atoms with E-state index in [0.717, 1.165) is 6.42 Å². The van der Waals surface area contributed by atoms with Gasteiger partial charge in [-0.25, -0.2) is 4.79 Å². The maximum atomic E-state index is 11.7. The number of ether oxygens (including phenoxy) is 2. The lowest BCUT2D eigenvalue weighted by atomic mass is 10.2. The molecule has 0 aromatic heterocycles. The average molecular weight is 302 g/mol. The molecule has 0 aliphatic carbocycles. The predicted molar refractivity (Wildman–Crippen MR) is 69.9 cm³/mol. The van der Waals surface area contributed by atoms with E-state index in [0.29, 0.717) is 28.9 Å². The Labute approximate surface area is 109 Å². The second-order valence-corrected chi connectivity index (χ2v) is 4.34. The molecule has 0 unspecified atom stereocenters. The van der Waals surface area contributed by atoms with Crippen molar-refractivity contribution in [2.45, 2.75) is 13.3 Å². The minimum Gasteiger partial charge on any atom is -0.460 e. The van der Waals surface area contributed by atoms with Gasteiger partial charge in [0.15, 0.2) is 0 Å². The van der Waals surface area contributed by atoms with Crippen LogP contribution >= 0.6 is 15.9 Å². The van der Waals surface area contributed by atoms with E-state index in [1.54, 1.807) is 18.2 Å². The van der Waals surface area contributed by atoms with Gasteiger partial charge in [-0.1, -0.05) is 6.92 Å². The maximum Gasteiger partial charge on any atom is 0.339 e. The largest absolute Gasteiger partial charge is 0.460 e. The first-order valence-electron chi connectivity index (χ1n) is 5.45. The van der Waals surface area contributed by atoms with Crippen LogP contribution in [0.25, 0.3) is 0 Å². The minimum absolute atomic E-state index is 0.250. The number of halogens is 1. The molecule has 4 nitrogen and oxygen atoms in total. The number of rotatable bonds is 6. The van der Waals surface area contributed by atoms with Crippen LogP contribution < -0.4 is 5.73 Å². The van der Waals surface area contributed by atoms with Crippen LogP contribution in [-0.2, 0) is 9.47 Å². The van der Waals surface area contributed by atoms with Gasteiger partial charge in [-0.3, -0.25) is 0 Å². The third-order valence-electron chi connectivity index (χ3n) is 2.02. The van der Waals surface area contributed by atoms with Gasteiger partial charge in [0, 0.05) is 16.8 Å². The molecular formula is C12H16BrNO3. The zero-order valence-electron chi connectivity index (χ0n) is 9.74. The normalized spacial score (nSPS) is 10.2. The van der Waals surface area contributed by atoms with Crippen LogP contribution in [0.1, 0.15) is 23.7 Å². The number of anilines is 1. The molecule has 0 radical (unpaired) electrons. The third-order valence-corrected chi connectivity index (χ3v) is 2.71. The zero-order valence-corrected chi connectivity index (χ0v) is 11.3. The zero-order chi connectivity index (χ0) is 12.7. The smallest absolute Gasteiger partial charge is 0.339 e. The van der Waals surface area contributed by atoms with Crippen molar-refractivity contribution in [3.05, 3.63) is 28.2 Å². The highest BCUT2D eigenvalue weighted by Crippen LogP contribution is 2.20. The van der Waals surface area contributed by atoms with Gasteiger partial charge in [-0.2, -0.15) is 0 Å². The molecule has 5 heteroatoms. The molecule has 0 fully saturated rings. The Bertz CT molecular complexity index is 382. The highest BCUT2D eigenvalue weighted by Gasteiger charge is 2.11. The summed E-state index contributed by atoms with van der Waals surface area (Å²) in [4.78, 5) is 11.7. The van der Waals surface area contributed by atoms with Crippen LogP contribution in [-0.4, -0.2) is 25.8 Å². The molecule has 0 heterocycles. The van der Waals surface area contributed by atoms with Crippen molar-refractivity contribution in [2.75, 3.05) is 25.6 Å². The average Bonchev–Trinajstić information content (AvgIpc) is 2.32. The van der Waals surface area contributed by atoms with Gasteiger partial charge in [0.25, 0.3) is 0 Å². The molecule has 0 aliphatic heterocycles. The molecule has 0 spiro atoms. The fourth-order valence-electron chi connectivity index (χ4n) is 1.22. The van der Waals surface area contributed by atoms with E-state index >= 15 is 0 Å². The highest BCUT2D eigenvalue weighted by molar-refractivity contribution is 9.10. The molecule has 0 aliphatic rings. The van der Waals surface area contributed by atoms with E-state index < -0.39 is 5.97 Å². The highest BCUT2D eigenvalue weighted by atomic mass is 79.9. The summed E-state index contributed by atoms with van der Waals surface area (Å²) in [6.07, 6.45) is 0.953. The van der Waals surface area contributed by atoms with Crippen molar-refractivity contribution in [2.24, 2.45) is 0 Å². The van der Waals surface area contributed by atoms with Crippen LogP contribution in [0, 0.1) is 0 Å². The molecule has 1 rings (SSSR count). The molecule has 2 N–H and O–H groups in total. The number of nitrogen functional groups attached to an aromatic ring is 1. The Morgan fingerprint density at radius 3 is 2.82 bits per heavy atom. The van der Waals surface area contributed by atoms with Crippen LogP contribution in [0.3, 0.4) is 0 Å². The van der Waals surface area contributed by atoms with Crippen molar-refractivity contribution >= 4 is 27.6 Å². The summed E-state index contributed by atoms with van der Waals surface area (Å²) in [6, 6.07) is 5.02. The Hall–Kier alpha value is -1.07. The van der Waals surface area contributed by atoms with Gasteiger partial charge >= 0.3 is 5.97 Å². The van der Waals surface area contributed by atoms with Crippen LogP contribution in [0.15, 0.2) is 22.7 Å². The summed E-state index contributed by atoms with van der Waals surface area (Å²) in [7, 11) is 0. The van der Waals surface area contributed by atoms with Gasteiger partial charge in [0.1, 0.15) is 6.61 Å². The number of hydrogen-bond donors (Lipinski definition) is 1. The Morgan fingerprint density at radius 1 is 1.35 bits per heavy atom. The lowest BCUT2D eigenvalue weighted by Gasteiger charge is -2.07. The number of carbonyl (C=O) groups is 1. The molecule has 94 valence electrons. The second kappa shape index (κ2) is 7.29. The predicted octanol–water partition coefficient (Wildman–Crippen LogP) is 2.61. The van der Waals surface area contributed by atoms with Gasteiger partial charge in [-0.15, -0.1) is 0 Å². The van der Waals surface area contributed by atoms with Crippen molar-refractivity contribution in [3.63, 3.8) is 0 Å². The van der Waals surface area contributed by atoms with E-state index in [1.165, 1.54) is 0 Å². The first-order chi connectivity index (χ1) is 8.15. The van der Waals surface area contributed by atoms with E-state index in [1.807, 2.05) is 6.92 Å². The summed E-state index contributed by atoms with van der Waals surface area (Å²) in [5.41, 5.74) is 6.57. The van der Waals surface area contributed by atoms with Crippen molar-refractivity contribution in [1.82, 2.24) is 0 Å². The van der Waals surface area contributed by atoms with E-state index in [-0.39, 0.29) is 6.61 Å². The maximum absolute atomic E-state index is 11.7. The van der Waals surface area contributed by atoms with E-state index in [4.69, 9.17) is 15.2 Å². The van der Waals surface area contributed by atoms with Gasteiger partial charge in [0.05, 0.1) is 12.2 Å². The first kappa shape index (κ1) is 14.0. The third kappa shape index (κ3) is 4.75. The lowest BCUT2D eigenvalue weighted by molar-refractivity contribution is 0.0318. The van der Waals surface area contributed by atoms with Gasteiger partial charge in [0.2, 0.25) is 0 Å². The summed E-state index contributed by atoms with van der Waals surface area (Å²) in [6.45, 7) is 3.37. The fraction of sp³-hybridized carbons (Fsp3) is 0.417.